The van der Waals surface area contributed by atoms with Gasteiger partial charge in [0, 0.05) is 37.6 Å². The van der Waals surface area contributed by atoms with Gasteiger partial charge in [-0.1, -0.05) is 0 Å². The second-order valence-corrected chi connectivity index (χ2v) is 6.52. The number of hydrogen-bond acceptors (Lipinski definition) is 6. The summed E-state index contributed by atoms with van der Waals surface area (Å²) in [5.74, 6) is 1.77. The minimum absolute atomic E-state index is 0.885. The van der Waals surface area contributed by atoms with E-state index in [0.717, 1.165) is 75.0 Å². The Bertz CT molecular complexity index is 574. The van der Waals surface area contributed by atoms with Crippen molar-refractivity contribution in [3.05, 3.63) is 48.5 Å². The topological polar surface area (TPSA) is 66.6 Å². The lowest BCUT2D eigenvalue weighted by Crippen LogP contribution is -2.29. The Morgan fingerprint density at radius 1 is 0.536 bits per heavy atom. The third kappa shape index (κ3) is 8.97. The predicted molar refractivity (Wildman–Crippen MR) is 118 cm³/mol. The van der Waals surface area contributed by atoms with Crippen LogP contribution in [0.5, 0.6) is 11.5 Å². The molecular weight excluding hydrogens is 352 g/mol. The van der Waals surface area contributed by atoms with Gasteiger partial charge in [0.05, 0.1) is 14.2 Å². The first-order valence-corrected chi connectivity index (χ1v) is 9.99. The SMILES string of the molecule is COc1ccc(NCCCNCCNCCCNc2ccc(OC)cc2)cc1. The Hall–Kier alpha value is -2.44. The fourth-order valence-electron chi connectivity index (χ4n) is 2.74. The second kappa shape index (κ2) is 13.7. The van der Waals surface area contributed by atoms with Crippen LogP contribution < -0.4 is 30.7 Å². The summed E-state index contributed by atoms with van der Waals surface area (Å²) in [7, 11) is 3.37. The standard InChI is InChI=1S/C22H34N4O2/c1-27-21-9-5-19(6-10-21)25-15-3-13-23-17-18-24-14-4-16-26-20-7-11-22(28-2)12-8-20/h5-12,23-26H,3-4,13-18H2,1-2H3. The van der Waals surface area contributed by atoms with Crippen molar-refractivity contribution in [1.82, 2.24) is 10.6 Å². The van der Waals surface area contributed by atoms with Crippen molar-refractivity contribution in [1.29, 1.82) is 0 Å². The summed E-state index contributed by atoms with van der Waals surface area (Å²) in [4.78, 5) is 0. The van der Waals surface area contributed by atoms with Crippen molar-refractivity contribution in [3.63, 3.8) is 0 Å². The lowest BCUT2D eigenvalue weighted by Gasteiger charge is -2.10. The number of hydrogen-bond donors (Lipinski definition) is 4. The highest BCUT2D eigenvalue weighted by Gasteiger charge is 1.95. The molecule has 0 atom stereocenters. The Balaban J connectivity index is 1.36. The average molecular weight is 387 g/mol. The number of anilines is 2. The average Bonchev–Trinajstić information content (AvgIpc) is 2.75. The lowest BCUT2D eigenvalue weighted by atomic mass is 10.3. The van der Waals surface area contributed by atoms with Crippen molar-refractivity contribution < 1.29 is 9.47 Å². The number of benzene rings is 2. The molecule has 0 bridgehead atoms. The number of rotatable bonds is 15. The van der Waals surface area contributed by atoms with E-state index in [4.69, 9.17) is 9.47 Å². The smallest absolute Gasteiger partial charge is 0.119 e. The van der Waals surface area contributed by atoms with E-state index >= 15 is 0 Å². The van der Waals surface area contributed by atoms with E-state index in [-0.39, 0.29) is 0 Å². The van der Waals surface area contributed by atoms with E-state index in [1.54, 1.807) is 14.2 Å². The van der Waals surface area contributed by atoms with Crippen molar-refractivity contribution in [2.24, 2.45) is 0 Å². The van der Waals surface area contributed by atoms with Gasteiger partial charge in [-0.15, -0.1) is 0 Å². The van der Waals surface area contributed by atoms with E-state index in [1.807, 2.05) is 48.5 Å². The van der Waals surface area contributed by atoms with Crippen LogP contribution in [0.25, 0.3) is 0 Å². The van der Waals surface area contributed by atoms with Gasteiger partial charge < -0.3 is 30.7 Å². The van der Waals surface area contributed by atoms with E-state index in [1.165, 1.54) is 0 Å². The van der Waals surface area contributed by atoms with Crippen molar-refractivity contribution in [2.75, 3.05) is 64.1 Å². The molecule has 0 unspecified atom stereocenters. The minimum Gasteiger partial charge on any atom is -0.497 e. The van der Waals surface area contributed by atoms with Crippen LogP contribution in [0.3, 0.4) is 0 Å². The molecule has 4 N–H and O–H groups in total. The lowest BCUT2D eigenvalue weighted by molar-refractivity contribution is 0.415. The van der Waals surface area contributed by atoms with E-state index in [0.29, 0.717) is 0 Å². The normalized spacial score (nSPS) is 10.5. The third-order valence-electron chi connectivity index (χ3n) is 4.38. The molecule has 0 aliphatic rings. The first-order valence-electron chi connectivity index (χ1n) is 9.99. The molecule has 0 amide bonds. The van der Waals surface area contributed by atoms with Crippen LogP contribution in [-0.4, -0.2) is 53.5 Å². The fourth-order valence-corrected chi connectivity index (χ4v) is 2.74. The van der Waals surface area contributed by atoms with Crippen LogP contribution in [0.2, 0.25) is 0 Å². The Labute approximate surface area is 169 Å². The molecular formula is C22H34N4O2. The zero-order valence-electron chi connectivity index (χ0n) is 17.1. The maximum absolute atomic E-state index is 5.16. The first kappa shape index (κ1) is 21.9. The van der Waals surface area contributed by atoms with Crippen molar-refractivity contribution in [3.8, 4) is 11.5 Å². The summed E-state index contributed by atoms with van der Waals surface area (Å²) in [5, 5.41) is 13.8. The maximum Gasteiger partial charge on any atom is 0.119 e. The zero-order chi connectivity index (χ0) is 19.9. The molecule has 154 valence electrons. The van der Waals surface area contributed by atoms with Crippen LogP contribution >= 0.6 is 0 Å². The third-order valence-corrected chi connectivity index (χ3v) is 4.38. The van der Waals surface area contributed by atoms with E-state index in [2.05, 4.69) is 21.3 Å². The van der Waals surface area contributed by atoms with Crippen LogP contribution in [0.4, 0.5) is 11.4 Å². The molecule has 0 aliphatic heterocycles. The molecule has 0 saturated carbocycles. The number of methoxy groups -OCH3 is 2. The van der Waals surface area contributed by atoms with Crippen LogP contribution in [0, 0.1) is 0 Å². The summed E-state index contributed by atoms with van der Waals surface area (Å²) in [6, 6.07) is 16.0. The molecule has 28 heavy (non-hydrogen) atoms. The summed E-state index contributed by atoms with van der Waals surface area (Å²) < 4.78 is 10.3. The Morgan fingerprint density at radius 3 is 1.29 bits per heavy atom. The molecule has 2 aromatic carbocycles. The fraction of sp³-hybridized carbons (Fsp3) is 0.455. The van der Waals surface area contributed by atoms with Gasteiger partial charge in [-0.05, 0) is 74.5 Å². The van der Waals surface area contributed by atoms with Gasteiger partial charge in [0.15, 0.2) is 0 Å². The molecule has 2 aromatic rings. The van der Waals surface area contributed by atoms with Crippen molar-refractivity contribution >= 4 is 11.4 Å². The Kier molecular flexibility index (Phi) is 10.7. The summed E-state index contributed by atoms with van der Waals surface area (Å²) in [6.45, 7) is 5.95. The maximum atomic E-state index is 5.16. The molecule has 0 spiro atoms. The van der Waals surface area contributed by atoms with Crippen molar-refractivity contribution in [2.45, 2.75) is 12.8 Å². The molecule has 0 saturated heterocycles. The molecule has 0 heterocycles. The van der Waals surface area contributed by atoms with Gasteiger partial charge >= 0.3 is 0 Å². The Morgan fingerprint density at radius 2 is 0.929 bits per heavy atom. The van der Waals surface area contributed by atoms with Gasteiger partial charge in [-0.3, -0.25) is 0 Å². The first-order chi connectivity index (χ1) is 13.8. The van der Waals surface area contributed by atoms with Gasteiger partial charge in [-0.25, -0.2) is 0 Å². The van der Waals surface area contributed by atoms with Gasteiger partial charge in [0.2, 0.25) is 0 Å². The highest BCUT2D eigenvalue weighted by Crippen LogP contribution is 2.15. The second-order valence-electron chi connectivity index (χ2n) is 6.52. The zero-order valence-corrected chi connectivity index (χ0v) is 17.1. The highest BCUT2D eigenvalue weighted by molar-refractivity contribution is 5.46. The highest BCUT2D eigenvalue weighted by atomic mass is 16.5. The largest absolute Gasteiger partial charge is 0.497 e. The monoisotopic (exact) mass is 386 g/mol. The summed E-state index contributed by atoms with van der Waals surface area (Å²) in [5.41, 5.74) is 2.26. The quantitative estimate of drug-likeness (QED) is 0.353. The molecule has 0 aromatic heterocycles. The van der Waals surface area contributed by atoms with Crippen LogP contribution in [0.1, 0.15) is 12.8 Å². The van der Waals surface area contributed by atoms with Crippen LogP contribution in [0.15, 0.2) is 48.5 Å². The summed E-state index contributed by atoms with van der Waals surface area (Å²) in [6.07, 6.45) is 2.19. The number of ether oxygens (including phenoxy) is 2. The van der Waals surface area contributed by atoms with E-state index < -0.39 is 0 Å². The molecule has 0 fully saturated rings. The molecule has 6 nitrogen and oxygen atoms in total. The molecule has 6 heteroatoms. The number of nitrogens with one attached hydrogen (secondary N) is 4. The van der Waals surface area contributed by atoms with Gasteiger partial charge in [-0.2, -0.15) is 0 Å². The minimum atomic E-state index is 0.885. The summed E-state index contributed by atoms with van der Waals surface area (Å²) >= 11 is 0. The predicted octanol–water partition coefficient (Wildman–Crippen LogP) is 3.19. The molecule has 0 aliphatic carbocycles. The van der Waals surface area contributed by atoms with E-state index in [9.17, 15) is 0 Å². The van der Waals surface area contributed by atoms with Gasteiger partial charge in [0.1, 0.15) is 11.5 Å². The molecule has 2 rings (SSSR count). The molecule has 0 radical (unpaired) electrons. The van der Waals surface area contributed by atoms with Gasteiger partial charge in [0.25, 0.3) is 0 Å². The van der Waals surface area contributed by atoms with Crippen LogP contribution in [-0.2, 0) is 0 Å².